The number of fused-ring (bicyclic) bond motifs is 1. The van der Waals surface area contributed by atoms with Crippen molar-refractivity contribution in [2.24, 2.45) is 0 Å². The number of ether oxygens (including phenoxy) is 1. The molecule has 2 heterocycles. The van der Waals surface area contributed by atoms with E-state index in [1.54, 1.807) is 0 Å². The molecule has 0 atom stereocenters. The number of halogens is 3. The lowest BCUT2D eigenvalue weighted by molar-refractivity contribution is 0.408. The predicted molar refractivity (Wildman–Crippen MR) is 76.3 cm³/mol. The smallest absolute Gasteiger partial charge is 0.240 e. The second kappa shape index (κ2) is 5.06. The quantitative estimate of drug-likeness (QED) is 0.616. The summed E-state index contributed by atoms with van der Waals surface area (Å²) in [7, 11) is 0. The monoisotopic (exact) mass is 356 g/mol. The zero-order valence-electron chi connectivity index (χ0n) is 10.2. The molecule has 1 aromatic carbocycles. The summed E-state index contributed by atoms with van der Waals surface area (Å²) in [5.74, 6) is -2.04. The summed E-state index contributed by atoms with van der Waals surface area (Å²) in [6, 6.07) is 2.39. The van der Waals surface area contributed by atoms with Gasteiger partial charge in [0.2, 0.25) is 11.7 Å². The summed E-state index contributed by atoms with van der Waals surface area (Å²) < 4.78 is 33.6. The Morgan fingerprint density at radius 3 is 2.85 bits per heavy atom. The maximum atomic E-state index is 13.7. The highest BCUT2D eigenvalue weighted by molar-refractivity contribution is 9.10. The molecule has 0 amide bonds. The minimum Gasteiger partial charge on any atom is -0.434 e. The molecule has 0 N–H and O–H groups in total. The first-order valence-electron chi connectivity index (χ1n) is 5.57. The highest BCUT2D eigenvalue weighted by Crippen LogP contribution is 2.35. The van der Waals surface area contributed by atoms with Crippen LogP contribution < -0.4 is 4.74 Å². The molecule has 102 valence electrons. The second-order valence-electron chi connectivity index (χ2n) is 4.08. The normalized spacial score (nSPS) is 11.0. The van der Waals surface area contributed by atoms with Crippen molar-refractivity contribution < 1.29 is 13.5 Å². The van der Waals surface area contributed by atoms with Gasteiger partial charge in [0.25, 0.3) is 0 Å². The largest absolute Gasteiger partial charge is 0.434 e. The lowest BCUT2D eigenvalue weighted by Gasteiger charge is -2.07. The van der Waals surface area contributed by atoms with E-state index in [-0.39, 0.29) is 11.6 Å². The van der Waals surface area contributed by atoms with Gasteiger partial charge in [0, 0.05) is 4.47 Å². The average Bonchev–Trinajstić information content (AvgIpc) is 2.78. The van der Waals surface area contributed by atoms with Crippen molar-refractivity contribution in [1.29, 1.82) is 0 Å². The van der Waals surface area contributed by atoms with Crippen LogP contribution in [0.15, 0.2) is 28.3 Å². The molecule has 3 aromatic rings. The van der Waals surface area contributed by atoms with Gasteiger partial charge in [-0.1, -0.05) is 15.9 Å². The first-order chi connectivity index (χ1) is 9.56. The zero-order chi connectivity index (χ0) is 14.3. The van der Waals surface area contributed by atoms with E-state index in [0.717, 1.165) is 17.1 Å². The highest BCUT2D eigenvalue weighted by atomic mass is 79.9. The van der Waals surface area contributed by atoms with E-state index >= 15 is 0 Å². The van der Waals surface area contributed by atoms with Crippen molar-refractivity contribution in [2.75, 3.05) is 0 Å². The van der Waals surface area contributed by atoms with Crippen LogP contribution in [0, 0.1) is 18.6 Å². The number of hydrogen-bond acceptors (Lipinski definition) is 4. The van der Waals surface area contributed by atoms with Crippen molar-refractivity contribution in [3.63, 3.8) is 0 Å². The van der Waals surface area contributed by atoms with E-state index in [0.29, 0.717) is 9.17 Å². The van der Waals surface area contributed by atoms with Gasteiger partial charge in [-0.05, 0) is 30.0 Å². The van der Waals surface area contributed by atoms with Crippen LogP contribution >= 0.6 is 27.3 Å². The van der Waals surface area contributed by atoms with Crippen molar-refractivity contribution in [2.45, 2.75) is 6.92 Å². The lowest BCUT2D eigenvalue weighted by Crippen LogP contribution is -1.95. The Bertz CT molecular complexity index is 806. The molecule has 0 aliphatic rings. The third kappa shape index (κ3) is 2.27. The molecule has 3 nitrogen and oxygen atoms in total. The van der Waals surface area contributed by atoms with Gasteiger partial charge >= 0.3 is 0 Å². The van der Waals surface area contributed by atoms with Crippen molar-refractivity contribution in [3.05, 3.63) is 45.5 Å². The maximum Gasteiger partial charge on any atom is 0.240 e. The Balaban J connectivity index is 2.10. The minimum atomic E-state index is -1.05. The maximum absolute atomic E-state index is 13.7. The van der Waals surface area contributed by atoms with E-state index in [9.17, 15) is 8.78 Å². The summed E-state index contributed by atoms with van der Waals surface area (Å²) in [5, 5.41) is 1.91. The molecule has 0 aliphatic heterocycles. The third-order valence-corrected chi connectivity index (χ3v) is 4.20. The molecule has 0 saturated carbocycles. The van der Waals surface area contributed by atoms with Crippen molar-refractivity contribution in [3.8, 4) is 11.6 Å². The van der Waals surface area contributed by atoms with Gasteiger partial charge in [-0.3, -0.25) is 0 Å². The molecule has 0 aliphatic carbocycles. The lowest BCUT2D eigenvalue weighted by atomic mass is 10.3. The first-order valence-corrected chi connectivity index (χ1v) is 7.24. The predicted octanol–water partition coefficient (Wildman–Crippen LogP) is 4.83. The second-order valence-corrected chi connectivity index (χ2v) is 5.87. The fourth-order valence-corrected chi connectivity index (χ4v) is 3.07. The zero-order valence-corrected chi connectivity index (χ0v) is 12.6. The number of benzene rings is 1. The third-order valence-electron chi connectivity index (χ3n) is 2.66. The van der Waals surface area contributed by atoms with E-state index in [2.05, 4.69) is 25.9 Å². The van der Waals surface area contributed by atoms with Crippen LogP contribution in [0.25, 0.3) is 10.2 Å². The molecule has 3 rings (SSSR count). The molecule has 0 saturated heterocycles. The van der Waals surface area contributed by atoms with Gasteiger partial charge in [0.1, 0.15) is 11.0 Å². The van der Waals surface area contributed by atoms with Gasteiger partial charge in [-0.2, -0.15) is 4.39 Å². The van der Waals surface area contributed by atoms with E-state index < -0.39 is 11.6 Å². The molecule has 20 heavy (non-hydrogen) atoms. The number of hydrogen-bond donors (Lipinski definition) is 0. The summed E-state index contributed by atoms with van der Waals surface area (Å²) in [4.78, 5) is 8.13. The van der Waals surface area contributed by atoms with E-state index in [1.807, 2.05) is 12.3 Å². The Labute approximate surface area is 125 Å². The Kier molecular flexibility index (Phi) is 3.39. The Morgan fingerprint density at radius 1 is 1.25 bits per heavy atom. The van der Waals surface area contributed by atoms with Crippen LogP contribution in [0.3, 0.4) is 0 Å². The van der Waals surface area contributed by atoms with Crippen molar-refractivity contribution in [1.82, 2.24) is 9.97 Å². The number of nitrogens with zero attached hydrogens (tertiary/aromatic N) is 2. The molecule has 0 fully saturated rings. The van der Waals surface area contributed by atoms with E-state index in [4.69, 9.17) is 4.74 Å². The van der Waals surface area contributed by atoms with Crippen LogP contribution in [0.2, 0.25) is 0 Å². The highest BCUT2D eigenvalue weighted by Gasteiger charge is 2.15. The molecule has 2 aromatic heterocycles. The molecular weight excluding hydrogens is 350 g/mol. The van der Waals surface area contributed by atoms with Gasteiger partial charge < -0.3 is 4.74 Å². The standard InChI is InChI=1S/C13H7BrF2N2OS/c1-6-4-20-12-11(6)17-5-18-13(12)19-9-3-7(14)2-8(15)10(9)16/h2-5H,1H3. The fourth-order valence-electron chi connectivity index (χ4n) is 1.73. The number of aryl methyl sites for hydroxylation is 1. The summed E-state index contributed by atoms with van der Waals surface area (Å²) in [6.07, 6.45) is 1.34. The summed E-state index contributed by atoms with van der Waals surface area (Å²) >= 11 is 4.49. The van der Waals surface area contributed by atoms with Gasteiger partial charge in [0.05, 0.1) is 5.52 Å². The molecule has 7 heteroatoms. The summed E-state index contributed by atoms with van der Waals surface area (Å²) in [5.41, 5.74) is 1.73. The minimum absolute atomic E-state index is 0.213. The number of thiophene rings is 1. The average molecular weight is 357 g/mol. The van der Waals surface area contributed by atoms with E-state index in [1.165, 1.54) is 23.7 Å². The topological polar surface area (TPSA) is 35.0 Å². The Morgan fingerprint density at radius 2 is 2.05 bits per heavy atom. The van der Waals surface area contributed by atoms with Gasteiger partial charge in [-0.15, -0.1) is 11.3 Å². The van der Waals surface area contributed by atoms with Gasteiger partial charge in [0.15, 0.2) is 11.6 Å². The Hall–Kier alpha value is -1.60. The van der Waals surface area contributed by atoms with Gasteiger partial charge in [-0.25, -0.2) is 14.4 Å². The van der Waals surface area contributed by atoms with Crippen LogP contribution in [-0.2, 0) is 0 Å². The first kappa shape index (κ1) is 13.4. The number of rotatable bonds is 2. The molecule has 0 unspecified atom stereocenters. The SMILES string of the molecule is Cc1csc2c(Oc3cc(Br)cc(F)c3F)ncnc12. The summed E-state index contributed by atoms with van der Waals surface area (Å²) in [6.45, 7) is 1.91. The molecular formula is C13H7BrF2N2OS. The number of aromatic nitrogens is 2. The van der Waals surface area contributed by atoms with Crippen LogP contribution in [0.5, 0.6) is 11.6 Å². The fraction of sp³-hybridized carbons (Fsp3) is 0.0769. The van der Waals surface area contributed by atoms with Crippen LogP contribution in [-0.4, -0.2) is 9.97 Å². The van der Waals surface area contributed by atoms with Crippen LogP contribution in [0.4, 0.5) is 8.78 Å². The van der Waals surface area contributed by atoms with Crippen molar-refractivity contribution >= 4 is 37.5 Å². The van der Waals surface area contributed by atoms with Crippen LogP contribution in [0.1, 0.15) is 5.56 Å². The molecule has 0 bridgehead atoms. The molecule has 0 radical (unpaired) electrons. The molecule has 0 spiro atoms.